The van der Waals surface area contributed by atoms with E-state index in [4.69, 9.17) is 15.2 Å². The Morgan fingerprint density at radius 1 is 1.12 bits per heavy atom. The molecule has 96 valence electrons. The lowest BCUT2D eigenvalue weighted by Crippen LogP contribution is -2.12. The van der Waals surface area contributed by atoms with Gasteiger partial charge in [-0.2, -0.15) is 0 Å². The number of benzene rings is 1. The summed E-state index contributed by atoms with van der Waals surface area (Å²) in [5.41, 5.74) is 6.91. The molecule has 1 aromatic rings. The maximum absolute atomic E-state index is 5.87. The molecule has 0 aromatic heterocycles. The standard InChI is InChI=1S/C14H23NO2/c1-11(2)10-16-8-9-17-14-7-5-4-6-13(14)12(3)15/h4-7,11-12H,8-10,15H2,1-3H3/t12-/m0/s1. The first-order chi connectivity index (χ1) is 8.11. The van der Waals surface area contributed by atoms with Crippen LogP contribution in [0.15, 0.2) is 24.3 Å². The molecule has 0 spiro atoms. The molecule has 0 saturated heterocycles. The van der Waals surface area contributed by atoms with Gasteiger partial charge in [0.25, 0.3) is 0 Å². The van der Waals surface area contributed by atoms with Crippen LogP contribution in [0.2, 0.25) is 0 Å². The Morgan fingerprint density at radius 2 is 1.82 bits per heavy atom. The Balaban J connectivity index is 2.36. The molecule has 1 aromatic carbocycles. The topological polar surface area (TPSA) is 44.5 Å². The molecule has 3 nitrogen and oxygen atoms in total. The lowest BCUT2D eigenvalue weighted by Gasteiger charge is -2.14. The highest BCUT2D eigenvalue weighted by atomic mass is 16.5. The first-order valence-corrected chi connectivity index (χ1v) is 6.16. The van der Waals surface area contributed by atoms with E-state index >= 15 is 0 Å². The van der Waals surface area contributed by atoms with Gasteiger partial charge in [-0.3, -0.25) is 0 Å². The van der Waals surface area contributed by atoms with Gasteiger partial charge >= 0.3 is 0 Å². The second-order valence-corrected chi connectivity index (χ2v) is 4.64. The zero-order valence-electron chi connectivity index (χ0n) is 11.0. The Hall–Kier alpha value is -1.06. The zero-order chi connectivity index (χ0) is 12.7. The molecule has 2 N–H and O–H groups in total. The average Bonchev–Trinajstić information content (AvgIpc) is 2.28. The quantitative estimate of drug-likeness (QED) is 0.742. The minimum atomic E-state index is -0.0113. The second kappa shape index (κ2) is 7.30. The second-order valence-electron chi connectivity index (χ2n) is 4.64. The third kappa shape index (κ3) is 5.20. The van der Waals surface area contributed by atoms with Crippen LogP contribution in [-0.2, 0) is 4.74 Å². The van der Waals surface area contributed by atoms with Crippen LogP contribution in [0.4, 0.5) is 0 Å². The van der Waals surface area contributed by atoms with E-state index in [0.29, 0.717) is 19.1 Å². The Bertz CT molecular complexity index is 324. The van der Waals surface area contributed by atoms with E-state index in [2.05, 4.69) is 13.8 Å². The smallest absolute Gasteiger partial charge is 0.124 e. The molecule has 0 saturated carbocycles. The van der Waals surface area contributed by atoms with E-state index in [0.717, 1.165) is 17.9 Å². The summed E-state index contributed by atoms with van der Waals surface area (Å²) in [6, 6.07) is 7.86. The molecular weight excluding hydrogens is 214 g/mol. The summed E-state index contributed by atoms with van der Waals surface area (Å²) in [4.78, 5) is 0. The van der Waals surface area contributed by atoms with Gasteiger partial charge in [0.15, 0.2) is 0 Å². The van der Waals surface area contributed by atoms with Crippen molar-refractivity contribution < 1.29 is 9.47 Å². The predicted molar refractivity (Wildman–Crippen MR) is 70.2 cm³/mol. The molecule has 0 heterocycles. The Kier molecular flexibility index (Phi) is 6.01. The van der Waals surface area contributed by atoms with Crippen LogP contribution in [0.3, 0.4) is 0 Å². The minimum Gasteiger partial charge on any atom is -0.491 e. The van der Waals surface area contributed by atoms with E-state index in [1.807, 2.05) is 31.2 Å². The first-order valence-electron chi connectivity index (χ1n) is 6.16. The highest BCUT2D eigenvalue weighted by Gasteiger charge is 2.06. The summed E-state index contributed by atoms with van der Waals surface area (Å²) >= 11 is 0. The fraction of sp³-hybridized carbons (Fsp3) is 0.571. The van der Waals surface area contributed by atoms with E-state index < -0.39 is 0 Å². The number of para-hydroxylation sites is 1. The maximum Gasteiger partial charge on any atom is 0.124 e. The third-order valence-corrected chi connectivity index (χ3v) is 2.35. The third-order valence-electron chi connectivity index (χ3n) is 2.35. The van der Waals surface area contributed by atoms with Crippen molar-refractivity contribution in [1.82, 2.24) is 0 Å². The number of nitrogens with two attached hydrogens (primary N) is 1. The van der Waals surface area contributed by atoms with Gasteiger partial charge in [-0.15, -0.1) is 0 Å². The lowest BCUT2D eigenvalue weighted by atomic mass is 10.1. The molecule has 0 unspecified atom stereocenters. The van der Waals surface area contributed by atoms with Crippen molar-refractivity contribution in [2.24, 2.45) is 11.7 Å². The van der Waals surface area contributed by atoms with Crippen LogP contribution >= 0.6 is 0 Å². The first kappa shape index (κ1) is 14.0. The van der Waals surface area contributed by atoms with Gasteiger partial charge in [0, 0.05) is 18.2 Å². The Labute approximate surface area is 104 Å². The van der Waals surface area contributed by atoms with Crippen LogP contribution in [0, 0.1) is 5.92 Å². The molecule has 0 aliphatic carbocycles. The molecule has 1 atom stereocenters. The summed E-state index contributed by atoms with van der Waals surface area (Å²) < 4.78 is 11.1. The number of hydrogen-bond donors (Lipinski definition) is 1. The van der Waals surface area contributed by atoms with Crippen LogP contribution < -0.4 is 10.5 Å². The van der Waals surface area contributed by atoms with Gasteiger partial charge < -0.3 is 15.2 Å². The molecule has 0 aliphatic rings. The highest BCUT2D eigenvalue weighted by Crippen LogP contribution is 2.22. The summed E-state index contributed by atoms with van der Waals surface area (Å²) in [5.74, 6) is 1.42. The molecule has 1 rings (SSSR count). The van der Waals surface area contributed by atoms with Crippen LogP contribution in [0.1, 0.15) is 32.4 Å². The fourth-order valence-electron chi connectivity index (χ4n) is 1.52. The summed E-state index contributed by atoms with van der Waals surface area (Å²) in [6.07, 6.45) is 0. The van der Waals surface area contributed by atoms with Crippen molar-refractivity contribution >= 4 is 0 Å². The van der Waals surface area contributed by atoms with E-state index in [1.165, 1.54) is 0 Å². The van der Waals surface area contributed by atoms with Crippen molar-refractivity contribution in [3.05, 3.63) is 29.8 Å². The molecule has 3 heteroatoms. The van der Waals surface area contributed by atoms with Crippen molar-refractivity contribution in [2.45, 2.75) is 26.8 Å². The number of hydrogen-bond acceptors (Lipinski definition) is 3. The molecular formula is C14H23NO2. The molecule has 0 amide bonds. The molecule has 0 radical (unpaired) electrons. The van der Waals surface area contributed by atoms with Gasteiger partial charge in [0.1, 0.15) is 12.4 Å². The van der Waals surface area contributed by atoms with Crippen molar-refractivity contribution in [1.29, 1.82) is 0 Å². The van der Waals surface area contributed by atoms with Crippen molar-refractivity contribution in [3.63, 3.8) is 0 Å². The van der Waals surface area contributed by atoms with E-state index in [1.54, 1.807) is 0 Å². The number of ether oxygens (including phenoxy) is 2. The SMILES string of the molecule is CC(C)COCCOc1ccccc1[C@H](C)N. The maximum atomic E-state index is 5.87. The minimum absolute atomic E-state index is 0.0113. The van der Waals surface area contributed by atoms with E-state index in [9.17, 15) is 0 Å². The lowest BCUT2D eigenvalue weighted by molar-refractivity contribution is 0.0815. The predicted octanol–water partition coefficient (Wildman–Crippen LogP) is 2.76. The van der Waals surface area contributed by atoms with Crippen LogP contribution in [-0.4, -0.2) is 19.8 Å². The summed E-state index contributed by atoms with van der Waals surface area (Å²) in [5, 5.41) is 0. The summed E-state index contributed by atoms with van der Waals surface area (Å²) in [6.45, 7) is 8.18. The molecule has 0 aliphatic heterocycles. The number of rotatable bonds is 7. The normalized spacial score (nSPS) is 12.8. The van der Waals surface area contributed by atoms with Gasteiger partial charge in [-0.1, -0.05) is 32.0 Å². The van der Waals surface area contributed by atoms with Gasteiger partial charge in [-0.25, -0.2) is 0 Å². The molecule has 17 heavy (non-hydrogen) atoms. The van der Waals surface area contributed by atoms with Crippen molar-refractivity contribution in [3.8, 4) is 5.75 Å². The highest BCUT2D eigenvalue weighted by molar-refractivity contribution is 5.35. The average molecular weight is 237 g/mol. The van der Waals surface area contributed by atoms with Crippen LogP contribution in [0.25, 0.3) is 0 Å². The zero-order valence-corrected chi connectivity index (χ0v) is 11.0. The Morgan fingerprint density at radius 3 is 2.47 bits per heavy atom. The molecule has 0 fully saturated rings. The summed E-state index contributed by atoms with van der Waals surface area (Å²) in [7, 11) is 0. The largest absolute Gasteiger partial charge is 0.491 e. The molecule has 0 bridgehead atoms. The van der Waals surface area contributed by atoms with E-state index in [-0.39, 0.29) is 6.04 Å². The van der Waals surface area contributed by atoms with Gasteiger partial charge in [-0.05, 0) is 18.9 Å². The fourth-order valence-corrected chi connectivity index (χ4v) is 1.52. The monoisotopic (exact) mass is 237 g/mol. The van der Waals surface area contributed by atoms with Gasteiger partial charge in [0.2, 0.25) is 0 Å². The van der Waals surface area contributed by atoms with Crippen LogP contribution in [0.5, 0.6) is 5.75 Å². The van der Waals surface area contributed by atoms with Crippen molar-refractivity contribution in [2.75, 3.05) is 19.8 Å². The van der Waals surface area contributed by atoms with Gasteiger partial charge in [0.05, 0.1) is 6.61 Å².